The van der Waals surface area contributed by atoms with Crippen molar-refractivity contribution in [2.75, 3.05) is 13.7 Å². The molecule has 0 spiro atoms. The third-order valence-corrected chi connectivity index (χ3v) is 3.58. The Morgan fingerprint density at radius 1 is 1.44 bits per heavy atom. The van der Waals surface area contributed by atoms with Gasteiger partial charge in [0.05, 0.1) is 12.7 Å². The van der Waals surface area contributed by atoms with Crippen molar-refractivity contribution >= 4 is 0 Å². The summed E-state index contributed by atoms with van der Waals surface area (Å²) in [4.78, 5) is 0. The maximum atomic E-state index is 13.9. The molecule has 1 aromatic rings. The summed E-state index contributed by atoms with van der Waals surface area (Å²) in [5, 5.41) is 10.3. The zero-order valence-electron chi connectivity index (χ0n) is 10.8. The summed E-state index contributed by atoms with van der Waals surface area (Å²) >= 11 is 0. The smallest absolute Gasteiger partial charge is 0.132 e. The number of hydrogen-bond donors (Lipinski definition) is 1. The van der Waals surface area contributed by atoms with Crippen LogP contribution in [0.2, 0.25) is 0 Å². The molecule has 100 valence electrons. The van der Waals surface area contributed by atoms with E-state index in [0.29, 0.717) is 12.4 Å². The van der Waals surface area contributed by atoms with Crippen molar-refractivity contribution in [2.45, 2.75) is 37.9 Å². The average Bonchev–Trinajstić information content (AvgIpc) is 2.38. The Morgan fingerprint density at radius 3 is 2.78 bits per heavy atom. The molecule has 1 saturated heterocycles. The molecular formula is C14H19FO3. The Hall–Kier alpha value is -1.13. The van der Waals surface area contributed by atoms with Crippen molar-refractivity contribution < 1.29 is 19.0 Å². The van der Waals surface area contributed by atoms with Crippen LogP contribution in [0.15, 0.2) is 18.2 Å². The molecule has 0 bridgehead atoms. The largest absolute Gasteiger partial charge is 0.497 e. The Balaban J connectivity index is 2.24. The molecule has 0 saturated carbocycles. The maximum Gasteiger partial charge on any atom is 0.132 e. The van der Waals surface area contributed by atoms with Crippen LogP contribution in [0.1, 0.15) is 37.9 Å². The highest BCUT2D eigenvalue weighted by Gasteiger charge is 2.37. The lowest BCUT2D eigenvalue weighted by molar-refractivity contribution is -0.139. The average molecular weight is 254 g/mol. The summed E-state index contributed by atoms with van der Waals surface area (Å²) in [6.45, 7) is 2.45. The SMILES string of the molecule is COc1ccc(C(O)C2(C)CCCCO2)c(F)c1. The topological polar surface area (TPSA) is 38.7 Å². The Labute approximate surface area is 107 Å². The molecule has 1 aromatic carbocycles. The van der Waals surface area contributed by atoms with E-state index in [1.54, 1.807) is 12.1 Å². The van der Waals surface area contributed by atoms with Gasteiger partial charge in [0.2, 0.25) is 0 Å². The lowest BCUT2D eigenvalue weighted by Gasteiger charge is -2.38. The number of hydrogen-bond acceptors (Lipinski definition) is 3. The van der Waals surface area contributed by atoms with Gasteiger partial charge in [-0.2, -0.15) is 0 Å². The van der Waals surface area contributed by atoms with E-state index >= 15 is 0 Å². The fraction of sp³-hybridized carbons (Fsp3) is 0.571. The molecule has 0 radical (unpaired) electrons. The van der Waals surface area contributed by atoms with Gasteiger partial charge < -0.3 is 14.6 Å². The summed E-state index contributed by atoms with van der Waals surface area (Å²) in [5.41, 5.74) is -0.437. The van der Waals surface area contributed by atoms with E-state index in [0.717, 1.165) is 19.3 Å². The minimum Gasteiger partial charge on any atom is -0.497 e. The summed E-state index contributed by atoms with van der Waals surface area (Å²) < 4.78 is 24.5. The van der Waals surface area contributed by atoms with E-state index in [2.05, 4.69) is 0 Å². The second-order valence-corrected chi connectivity index (χ2v) is 4.91. The Kier molecular flexibility index (Phi) is 3.88. The first-order valence-electron chi connectivity index (χ1n) is 6.22. The van der Waals surface area contributed by atoms with Crippen LogP contribution in [-0.4, -0.2) is 24.4 Å². The molecule has 2 rings (SSSR count). The van der Waals surface area contributed by atoms with Crippen LogP contribution in [0.3, 0.4) is 0 Å². The van der Waals surface area contributed by atoms with E-state index < -0.39 is 17.5 Å². The highest BCUT2D eigenvalue weighted by atomic mass is 19.1. The number of ether oxygens (including phenoxy) is 2. The highest BCUT2D eigenvalue weighted by Crippen LogP contribution is 2.37. The van der Waals surface area contributed by atoms with Gasteiger partial charge in [0, 0.05) is 18.2 Å². The molecule has 1 heterocycles. The maximum absolute atomic E-state index is 13.9. The molecular weight excluding hydrogens is 235 g/mol. The monoisotopic (exact) mass is 254 g/mol. The molecule has 2 unspecified atom stereocenters. The van der Waals surface area contributed by atoms with E-state index in [9.17, 15) is 9.50 Å². The molecule has 4 heteroatoms. The van der Waals surface area contributed by atoms with Crippen LogP contribution in [-0.2, 0) is 4.74 Å². The molecule has 0 aromatic heterocycles. The zero-order chi connectivity index (χ0) is 13.2. The van der Waals surface area contributed by atoms with Gasteiger partial charge in [-0.3, -0.25) is 0 Å². The molecule has 1 fully saturated rings. The van der Waals surface area contributed by atoms with Crippen molar-refractivity contribution in [1.29, 1.82) is 0 Å². The van der Waals surface area contributed by atoms with Gasteiger partial charge in [0.25, 0.3) is 0 Å². The van der Waals surface area contributed by atoms with E-state index in [4.69, 9.17) is 9.47 Å². The predicted molar refractivity (Wildman–Crippen MR) is 66.1 cm³/mol. The normalized spacial score (nSPS) is 25.8. The van der Waals surface area contributed by atoms with Crippen molar-refractivity contribution in [2.24, 2.45) is 0 Å². The van der Waals surface area contributed by atoms with Gasteiger partial charge in [0.15, 0.2) is 0 Å². The highest BCUT2D eigenvalue weighted by molar-refractivity contribution is 5.31. The molecule has 1 aliphatic rings. The standard InChI is InChI=1S/C14H19FO3/c1-14(7-3-4-8-18-14)13(16)11-6-5-10(17-2)9-12(11)15/h5-6,9,13,16H,3-4,7-8H2,1-2H3. The van der Waals surface area contributed by atoms with Gasteiger partial charge >= 0.3 is 0 Å². The number of aliphatic hydroxyl groups is 1. The lowest BCUT2D eigenvalue weighted by Crippen LogP contribution is -2.39. The van der Waals surface area contributed by atoms with Gasteiger partial charge in [-0.15, -0.1) is 0 Å². The number of rotatable bonds is 3. The van der Waals surface area contributed by atoms with Gasteiger partial charge in [-0.1, -0.05) is 0 Å². The molecule has 0 aliphatic carbocycles. The molecule has 0 amide bonds. The van der Waals surface area contributed by atoms with Crippen LogP contribution in [0.5, 0.6) is 5.75 Å². The summed E-state index contributed by atoms with van der Waals surface area (Å²) in [7, 11) is 1.48. The van der Waals surface area contributed by atoms with Crippen molar-refractivity contribution in [1.82, 2.24) is 0 Å². The van der Waals surface area contributed by atoms with E-state index in [1.165, 1.54) is 13.2 Å². The molecule has 2 atom stereocenters. The molecule has 18 heavy (non-hydrogen) atoms. The van der Waals surface area contributed by atoms with Crippen LogP contribution in [0, 0.1) is 5.82 Å². The van der Waals surface area contributed by atoms with Gasteiger partial charge in [-0.25, -0.2) is 4.39 Å². The van der Waals surface area contributed by atoms with Gasteiger partial charge in [-0.05, 0) is 38.3 Å². The first-order valence-corrected chi connectivity index (χ1v) is 6.22. The molecule has 1 aliphatic heterocycles. The van der Waals surface area contributed by atoms with Crippen LogP contribution in [0.25, 0.3) is 0 Å². The summed E-state index contributed by atoms with van der Waals surface area (Å²) in [6, 6.07) is 4.49. The molecule has 3 nitrogen and oxygen atoms in total. The first-order chi connectivity index (χ1) is 8.57. The number of halogens is 1. The van der Waals surface area contributed by atoms with E-state index in [-0.39, 0.29) is 5.56 Å². The Morgan fingerprint density at radius 2 is 2.22 bits per heavy atom. The quantitative estimate of drug-likeness (QED) is 0.901. The second kappa shape index (κ2) is 5.24. The third kappa shape index (κ3) is 2.49. The third-order valence-electron chi connectivity index (χ3n) is 3.58. The second-order valence-electron chi connectivity index (χ2n) is 4.91. The molecule has 1 N–H and O–H groups in total. The van der Waals surface area contributed by atoms with E-state index in [1.807, 2.05) is 6.92 Å². The van der Waals surface area contributed by atoms with Gasteiger partial charge in [0.1, 0.15) is 17.7 Å². The Bertz CT molecular complexity index is 414. The fourth-order valence-corrected chi connectivity index (χ4v) is 2.36. The van der Waals surface area contributed by atoms with Crippen molar-refractivity contribution in [3.05, 3.63) is 29.6 Å². The first kappa shape index (κ1) is 13.3. The summed E-state index contributed by atoms with van der Waals surface area (Å²) in [5.74, 6) is -0.0181. The van der Waals surface area contributed by atoms with Crippen molar-refractivity contribution in [3.8, 4) is 5.75 Å². The minimum absolute atomic E-state index is 0.264. The fourth-order valence-electron chi connectivity index (χ4n) is 2.36. The van der Waals surface area contributed by atoms with Crippen LogP contribution >= 0.6 is 0 Å². The van der Waals surface area contributed by atoms with Crippen LogP contribution < -0.4 is 4.74 Å². The number of aliphatic hydroxyl groups excluding tert-OH is 1. The lowest BCUT2D eigenvalue weighted by atomic mass is 9.86. The predicted octanol–water partition coefficient (Wildman–Crippen LogP) is 2.83. The number of methoxy groups -OCH3 is 1. The van der Waals surface area contributed by atoms with Crippen molar-refractivity contribution in [3.63, 3.8) is 0 Å². The summed E-state index contributed by atoms with van der Waals surface area (Å²) in [6.07, 6.45) is 1.77. The zero-order valence-corrected chi connectivity index (χ0v) is 10.8. The van der Waals surface area contributed by atoms with Crippen LogP contribution in [0.4, 0.5) is 4.39 Å². The number of benzene rings is 1. The minimum atomic E-state index is -0.955.